The number of nitro benzene ring substituents is 1. The second-order valence-corrected chi connectivity index (χ2v) is 10.0. The number of imide groups is 1. The van der Waals surface area contributed by atoms with Gasteiger partial charge in [-0.05, 0) is 23.6 Å². The molecule has 0 radical (unpaired) electrons. The van der Waals surface area contributed by atoms with E-state index in [0.717, 1.165) is 17.1 Å². The highest BCUT2D eigenvalue weighted by atomic mass is 16.6. The first-order chi connectivity index (χ1) is 19.9. The quantitative estimate of drug-likeness (QED) is 0.144. The van der Waals surface area contributed by atoms with Crippen LogP contribution in [0.25, 0.3) is 0 Å². The van der Waals surface area contributed by atoms with Crippen LogP contribution in [0.1, 0.15) is 43.4 Å². The number of carbonyl (C=O) groups excluding carboxylic acids is 6. The van der Waals surface area contributed by atoms with Gasteiger partial charge in [0.2, 0.25) is 5.91 Å². The molecule has 1 heterocycles. The Morgan fingerprint density at radius 3 is 2.02 bits per heavy atom. The van der Waals surface area contributed by atoms with Crippen LogP contribution in [-0.4, -0.2) is 57.7 Å². The van der Waals surface area contributed by atoms with E-state index in [1.165, 1.54) is 24.3 Å². The predicted octanol–water partition coefficient (Wildman–Crippen LogP) is 2.41. The van der Waals surface area contributed by atoms with E-state index in [-0.39, 0.29) is 56.1 Å². The second-order valence-electron chi connectivity index (χ2n) is 10.0. The minimum absolute atomic E-state index is 0.0185. The van der Waals surface area contributed by atoms with Gasteiger partial charge in [-0.25, -0.2) is 0 Å². The molecule has 0 unspecified atom stereocenters. The number of rotatable bonds is 15. The first kappa shape index (κ1) is 31.5. The molecule has 1 aliphatic rings. The van der Waals surface area contributed by atoms with Crippen molar-refractivity contribution in [3.05, 3.63) is 87.5 Å². The fourth-order valence-corrected chi connectivity index (χ4v) is 4.09. The van der Waals surface area contributed by atoms with Crippen LogP contribution in [0.15, 0.2) is 60.7 Å². The van der Waals surface area contributed by atoms with Gasteiger partial charge < -0.3 is 10.1 Å². The van der Waals surface area contributed by atoms with Crippen molar-refractivity contribution in [1.82, 2.24) is 10.2 Å². The summed E-state index contributed by atoms with van der Waals surface area (Å²) in [4.78, 5) is 83.9. The number of esters is 1. The molecule has 0 bridgehead atoms. The number of non-ortho nitro benzene ring substituents is 1. The predicted molar refractivity (Wildman–Crippen MR) is 149 cm³/mol. The summed E-state index contributed by atoms with van der Waals surface area (Å²) >= 11 is 0. The molecular weight excluding hydrogens is 546 g/mol. The Morgan fingerprint density at radius 2 is 1.43 bits per heavy atom. The molecule has 0 spiro atoms. The average molecular weight is 578 g/mol. The zero-order valence-electron chi connectivity index (χ0n) is 23.2. The van der Waals surface area contributed by atoms with Crippen LogP contribution in [0.5, 0.6) is 0 Å². The molecule has 0 saturated heterocycles. The maximum absolute atomic E-state index is 12.7. The summed E-state index contributed by atoms with van der Waals surface area (Å²) in [6.07, 6.45) is 2.17. The fourth-order valence-electron chi connectivity index (χ4n) is 4.09. The molecule has 0 aromatic heterocycles. The number of hydrogen-bond donors (Lipinski definition) is 1. The number of ketones is 2. The van der Waals surface area contributed by atoms with E-state index in [9.17, 15) is 38.9 Å². The van der Waals surface area contributed by atoms with Crippen LogP contribution in [-0.2, 0) is 53.0 Å². The lowest BCUT2D eigenvalue weighted by Crippen LogP contribution is -2.42. The number of amides is 3. The first-order valence-corrected chi connectivity index (χ1v) is 13.3. The zero-order valence-corrected chi connectivity index (χ0v) is 23.2. The third-order valence-electron chi connectivity index (χ3n) is 6.63. The second kappa shape index (κ2) is 14.6. The van der Waals surface area contributed by atoms with Crippen molar-refractivity contribution in [2.75, 3.05) is 6.54 Å². The molecule has 2 atom stereocenters. The average Bonchev–Trinajstić information content (AvgIpc) is 3.28. The molecule has 3 amide bonds. The minimum atomic E-state index is -0.791. The van der Waals surface area contributed by atoms with Crippen molar-refractivity contribution in [2.24, 2.45) is 5.92 Å². The fraction of sp³-hybridized carbons (Fsp3) is 0.333. The van der Waals surface area contributed by atoms with Crippen molar-refractivity contribution in [1.29, 1.82) is 0 Å². The van der Waals surface area contributed by atoms with E-state index in [0.29, 0.717) is 16.7 Å². The van der Waals surface area contributed by atoms with Crippen LogP contribution in [0.4, 0.5) is 5.69 Å². The molecule has 12 heteroatoms. The van der Waals surface area contributed by atoms with Crippen molar-refractivity contribution in [2.45, 2.75) is 52.2 Å². The molecule has 1 N–H and O–H groups in total. The van der Waals surface area contributed by atoms with Crippen LogP contribution >= 0.6 is 0 Å². The summed E-state index contributed by atoms with van der Waals surface area (Å²) in [7, 11) is 0. The molecule has 2 aromatic rings. The lowest BCUT2D eigenvalue weighted by atomic mass is 10.00. The largest absolute Gasteiger partial charge is 0.461 e. The van der Waals surface area contributed by atoms with E-state index in [1.807, 2.05) is 0 Å². The Bertz CT molecular complexity index is 1380. The number of benzene rings is 2. The van der Waals surface area contributed by atoms with Gasteiger partial charge in [0.15, 0.2) is 5.78 Å². The molecule has 0 fully saturated rings. The van der Waals surface area contributed by atoms with Crippen LogP contribution in [0.2, 0.25) is 0 Å². The SMILES string of the molecule is C[C@H](CC(=O)CCN1C(=O)C=CC1=O)C(=O)N[C@@H](C)C(=O)Cc1ccc(COC(=O)Cc2ccc([N+](=O)[O-])cc2)cc1. The lowest BCUT2D eigenvalue weighted by molar-refractivity contribution is -0.384. The number of carbonyl (C=O) groups is 6. The summed E-state index contributed by atoms with van der Waals surface area (Å²) in [5.74, 6) is -3.09. The van der Waals surface area contributed by atoms with Crippen molar-refractivity contribution in [3.63, 3.8) is 0 Å². The topological polar surface area (TPSA) is 170 Å². The number of ether oxygens (including phenoxy) is 1. The number of nitro groups is 1. The highest BCUT2D eigenvalue weighted by molar-refractivity contribution is 6.13. The van der Waals surface area contributed by atoms with Gasteiger partial charge in [0.05, 0.1) is 17.4 Å². The van der Waals surface area contributed by atoms with Crippen LogP contribution < -0.4 is 5.32 Å². The summed E-state index contributed by atoms with van der Waals surface area (Å²) in [6, 6.07) is 11.7. The Balaban J connectivity index is 1.38. The van der Waals surface area contributed by atoms with E-state index < -0.39 is 40.6 Å². The lowest BCUT2D eigenvalue weighted by Gasteiger charge is -2.17. The van der Waals surface area contributed by atoms with Crippen LogP contribution in [0.3, 0.4) is 0 Å². The smallest absolute Gasteiger partial charge is 0.310 e. The highest BCUT2D eigenvalue weighted by Gasteiger charge is 2.25. The van der Waals surface area contributed by atoms with Gasteiger partial charge in [-0.1, -0.05) is 43.3 Å². The third-order valence-corrected chi connectivity index (χ3v) is 6.63. The first-order valence-electron chi connectivity index (χ1n) is 13.3. The third kappa shape index (κ3) is 9.29. The van der Waals surface area contributed by atoms with Gasteiger partial charge in [0, 0.05) is 56.0 Å². The molecule has 0 aliphatic carbocycles. The molecule has 1 aliphatic heterocycles. The molecule has 2 aromatic carbocycles. The minimum Gasteiger partial charge on any atom is -0.461 e. The van der Waals surface area contributed by atoms with Gasteiger partial charge in [-0.3, -0.25) is 43.8 Å². The molecule has 12 nitrogen and oxygen atoms in total. The Kier molecular flexibility index (Phi) is 10.9. The van der Waals surface area contributed by atoms with Crippen molar-refractivity contribution in [3.8, 4) is 0 Å². The normalized spacial score (nSPS) is 13.9. The van der Waals surface area contributed by atoms with Crippen molar-refractivity contribution < 1.29 is 38.4 Å². The van der Waals surface area contributed by atoms with Crippen molar-refractivity contribution >= 4 is 40.9 Å². The van der Waals surface area contributed by atoms with E-state index in [1.54, 1.807) is 38.1 Å². The molecule has 0 saturated carbocycles. The number of nitrogens with one attached hydrogen (secondary N) is 1. The maximum atomic E-state index is 12.7. The Morgan fingerprint density at radius 1 is 0.881 bits per heavy atom. The number of hydrogen-bond acceptors (Lipinski definition) is 9. The summed E-state index contributed by atoms with van der Waals surface area (Å²) < 4.78 is 5.27. The maximum Gasteiger partial charge on any atom is 0.310 e. The van der Waals surface area contributed by atoms with Gasteiger partial charge in [0.25, 0.3) is 17.5 Å². The zero-order chi connectivity index (χ0) is 30.8. The van der Waals surface area contributed by atoms with Crippen LogP contribution in [0, 0.1) is 16.0 Å². The van der Waals surface area contributed by atoms with Gasteiger partial charge in [0.1, 0.15) is 12.4 Å². The molecule has 42 heavy (non-hydrogen) atoms. The summed E-state index contributed by atoms with van der Waals surface area (Å²) in [5, 5.41) is 13.4. The van der Waals surface area contributed by atoms with Gasteiger partial charge >= 0.3 is 5.97 Å². The molecule has 3 rings (SSSR count). The highest BCUT2D eigenvalue weighted by Crippen LogP contribution is 2.14. The van der Waals surface area contributed by atoms with Gasteiger partial charge in [-0.15, -0.1) is 0 Å². The number of Topliss-reactive ketones (excluding diaryl/α,β-unsaturated/α-hetero) is 2. The summed E-state index contributed by atoms with van der Waals surface area (Å²) in [5.41, 5.74) is 1.93. The Hall–Kier alpha value is -5.00. The van der Waals surface area contributed by atoms with Gasteiger partial charge in [-0.2, -0.15) is 0 Å². The standard InChI is InChI=1S/C30H31N3O9/c1-19(15-25(34)13-14-32-27(36)11-12-28(32)37)30(39)31-20(2)26(35)16-21-3-5-23(6-4-21)18-42-29(38)17-22-7-9-24(10-8-22)33(40)41/h3-12,19-20H,13-18H2,1-2H3,(H,31,39)/t19-,20+/m1/s1. The number of nitrogens with zero attached hydrogens (tertiary/aromatic N) is 2. The molecule has 220 valence electrons. The monoisotopic (exact) mass is 577 g/mol. The summed E-state index contributed by atoms with van der Waals surface area (Å²) in [6.45, 7) is 3.10. The van der Waals surface area contributed by atoms with E-state index >= 15 is 0 Å². The Labute approximate surface area is 241 Å². The van der Waals surface area contributed by atoms with E-state index in [4.69, 9.17) is 4.74 Å². The van der Waals surface area contributed by atoms with E-state index in [2.05, 4.69) is 5.32 Å². The molecular formula is C30H31N3O9.